The van der Waals surface area contributed by atoms with Crippen molar-refractivity contribution in [3.8, 4) is 5.75 Å². The van der Waals surface area contributed by atoms with Crippen molar-refractivity contribution in [1.82, 2.24) is 0 Å². The number of methoxy groups -OCH3 is 1. The van der Waals surface area contributed by atoms with Gasteiger partial charge in [-0.15, -0.1) is 0 Å². The minimum absolute atomic E-state index is 0. The van der Waals surface area contributed by atoms with Crippen LogP contribution in [0.2, 0.25) is 0 Å². The van der Waals surface area contributed by atoms with Gasteiger partial charge < -0.3 is 14.4 Å². The van der Waals surface area contributed by atoms with Crippen molar-refractivity contribution in [2.24, 2.45) is 0 Å². The van der Waals surface area contributed by atoms with Crippen LogP contribution in [-0.2, 0) is 10.1 Å². The van der Waals surface area contributed by atoms with E-state index in [1.807, 2.05) is 110 Å². The van der Waals surface area contributed by atoms with Crippen LogP contribution in [0, 0.1) is 0 Å². The molecule has 1 N–H and O–H groups in total. The van der Waals surface area contributed by atoms with Crippen LogP contribution in [-0.4, -0.2) is 26.7 Å². The fraction of sp³-hybridized carbons (Fsp3) is 0.143. The molecule has 0 heterocycles. The lowest BCUT2D eigenvalue weighted by atomic mass is 9.82. The third-order valence-electron chi connectivity index (χ3n) is 5.57. The summed E-state index contributed by atoms with van der Waals surface area (Å²) in [6.07, 6.45) is -0.538. The second-order valence-electron chi connectivity index (χ2n) is 7.55. The van der Waals surface area contributed by atoms with Gasteiger partial charge in [0, 0.05) is 19.0 Å². The fourth-order valence-corrected chi connectivity index (χ4v) is 5.89. The van der Waals surface area contributed by atoms with E-state index in [9.17, 15) is 5.11 Å². The van der Waals surface area contributed by atoms with Gasteiger partial charge in [-0.3, -0.25) is 0 Å². The zero-order valence-corrected chi connectivity index (χ0v) is 19.7. The normalized spacial score (nSPS) is 12.9. The molecule has 5 heteroatoms. The number of hydrogen-bond acceptors (Lipinski definition) is 3. The summed E-state index contributed by atoms with van der Waals surface area (Å²) in [6, 6.07) is 37.5. The average Bonchev–Trinajstić information content (AvgIpc) is 2.88. The molecule has 0 aromatic heterocycles. The van der Waals surface area contributed by atoms with Crippen LogP contribution >= 0.6 is 8.15 Å². The van der Waals surface area contributed by atoms with Crippen LogP contribution in [0.25, 0.3) is 0 Å². The van der Waals surface area contributed by atoms with Gasteiger partial charge in [-0.1, -0.05) is 103 Å². The Morgan fingerprint density at radius 1 is 0.697 bits per heavy atom. The van der Waals surface area contributed by atoms with E-state index in [1.165, 1.54) is 0 Å². The number of para-hydroxylation sites is 1. The third-order valence-corrected chi connectivity index (χ3v) is 7.68. The fourth-order valence-electron chi connectivity index (χ4n) is 3.87. The first-order valence-electron chi connectivity index (χ1n) is 10.6. The molecule has 0 aliphatic carbocycles. The Balaban J connectivity index is 0.00000306. The minimum atomic E-state index is -1.32. The Bertz CT molecular complexity index is 1080. The monoisotopic (exact) mass is 453 g/mol. The summed E-state index contributed by atoms with van der Waals surface area (Å²) in [6.45, 7) is 1.94. The topological polar surface area (TPSA) is 38.7 Å². The van der Waals surface area contributed by atoms with Gasteiger partial charge in [0.2, 0.25) is 0 Å². The number of rotatable bonds is 8. The van der Waals surface area contributed by atoms with E-state index < -0.39 is 19.9 Å². The van der Waals surface area contributed by atoms with Crippen LogP contribution in [0.4, 0.5) is 0 Å². The maximum atomic E-state index is 12.1. The lowest BCUT2D eigenvalue weighted by Gasteiger charge is -2.37. The van der Waals surface area contributed by atoms with Gasteiger partial charge in [-0.2, -0.15) is 0 Å². The lowest BCUT2D eigenvalue weighted by molar-refractivity contribution is -0.0197. The highest BCUT2D eigenvalue weighted by Gasteiger charge is 2.40. The molecule has 3 nitrogen and oxygen atoms in total. The molecule has 2 atom stereocenters. The van der Waals surface area contributed by atoms with Crippen molar-refractivity contribution in [3.05, 3.63) is 126 Å². The Hall–Kier alpha value is -2.91. The molecule has 0 aliphatic heterocycles. The standard InChI is InChI=1S/C28H27O3P.B/c1-22(28(29,23-14-6-3-7-15-23)24-16-8-4-9-17-24)31-32(25-18-10-5-11-19-25)27-21-13-12-20-26(27)30-2;/h3-22,29H,1-2H3;/t22-,32+;/m0./s1. The van der Waals surface area contributed by atoms with Crippen LogP contribution < -0.4 is 15.3 Å². The van der Waals surface area contributed by atoms with Crippen LogP contribution in [0.15, 0.2) is 115 Å². The van der Waals surface area contributed by atoms with Gasteiger partial charge in [0.1, 0.15) is 11.4 Å². The molecule has 4 aromatic rings. The van der Waals surface area contributed by atoms with Gasteiger partial charge in [-0.05, 0) is 30.2 Å². The van der Waals surface area contributed by atoms with Crippen molar-refractivity contribution in [2.45, 2.75) is 18.6 Å². The summed E-state index contributed by atoms with van der Waals surface area (Å²) in [5.41, 5.74) is 0.267. The van der Waals surface area contributed by atoms with Gasteiger partial charge in [-0.25, -0.2) is 0 Å². The van der Waals surface area contributed by atoms with Crippen molar-refractivity contribution in [2.75, 3.05) is 7.11 Å². The molecule has 0 fully saturated rings. The van der Waals surface area contributed by atoms with E-state index in [1.54, 1.807) is 7.11 Å². The molecule has 0 bridgehead atoms. The number of hydrogen-bond donors (Lipinski definition) is 1. The molecule has 0 saturated heterocycles. The molecule has 165 valence electrons. The first-order valence-corrected chi connectivity index (χ1v) is 11.9. The van der Waals surface area contributed by atoms with Crippen molar-refractivity contribution < 1.29 is 14.4 Å². The number of aliphatic hydroxyl groups is 1. The first kappa shape index (κ1) is 24.7. The number of benzene rings is 4. The summed E-state index contributed by atoms with van der Waals surface area (Å²) in [5, 5.41) is 14.2. The Morgan fingerprint density at radius 2 is 1.15 bits per heavy atom. The second-order valence-corrected chi connectivity index (χ2v) is 9.35. The molecule has 0 unspecified atom stereocenters. The second kappa shape index (κ2) is 11.3. The molecule has 3 radical (unpaired) electrons. The van der Waals surface area contributed by atoms with E-state index in [4.69, 9.17) is 9.26 Å². The molecule has 0 aliphatic rings. The van der Waals surface area contributed by atoms with Crippen molar-refractivity contribution >= 4 is 27.2 Å². The van der Waals surface area contributed by atoms with Gasteiger partial charge >= 0.3 is 0 Å². The molecule has 0 amide bonds. The Kier molecular flexibility index (Phi) is 8.46. The predicted molar refractivity (Wildman–Crippen MR) is 138 cm³/mol. The summed E-state index contributed by atoms with van der Waals surface area (Å²) >= 11 is 0. The molecule has 4 aromatic carbocycles. The van der Waals surface area contributed by atoms with Gasteiger partial charge in [0.25, 0.3) is 0 Å². The Morgan fingerprint density at radius 3 is 1.67 bits per heavy atom. The Labute approximate surface area is 199 Å². The summed E-state index contributed by atoms with van der Waals surface area (Å²) in [7, 11) is 0.425. The molecule has 0 spiro atoms. The van der Waals surface area contributed by atoms with E-state index in [0.29, 0.717) is 0 Å². The molecule has 0 saturated carbocycles. The van der Waals surface area contributed by atoms with E-state index >= 15 is 0 Å². The molecule has 33 heavy (non-hydrogen) atoms. The maximum Gasteiger partial charge on any atom is 0.141 e. The van der Waals surface area contributed by atoms with Crippen molar-refractivity contribution in [3.63, 3.8) is 0 Å². The van der Waals surface area contributed by atoms with Crippen LogP contribution in [0.1, 0.15) is 18.1 Å². The lowest BCUT2D eigenvalue weighted by Crippen LogP contribution is -2.41. The smallest absolute Gasteiger partial charge is 0.141 e. The highest BCUT2D eigenvalue weighted by Crippen LogP contribution is 2.45. The molecular weight excluding hydrogens is 426 g/mol. The summed E-state index contributed by atoms with van der Waals surface area (Å²) < 4.78 is 12.4. The highest BCUT2D eigenvalue weighted by atomic mass is 31.1. The maximum absolute atomic E-state index is 12.1. The number of ether oxygens (including phenoxy) is 1. The zero-order chi connectivity index (χ0) is 22.4. The highest BCUT2D eigenvalue weighted by molar-refractivity contribution is 7.68. The zero-order valence-electron chi connectivity index (χ0n) is 18.8. The third kappa shape index (κ3) is 5.20. The summed E-state index contributed by atoms with van der Waals surface area (Å²) in [4.78, 5) is 0. The quantitative estimate of drug-likeness (QED) is 0.302. The first-order chi connectivity index (χ1) is 15.6. The molecule has 4 rings (SSSR count). The van der Waals surface area contributed by atoms with E-state index in [0.717, 1.165) is 27.5 Å². The molecular formula is C28H27BO3P. The van der Waals surface area contributed by atoms with Crippen LogP contribution in [0.3, 0.4) is 0 Å². The largest absolute Gasteiger partial charge is 0.496 e. The van der Waals surface area contributed by atoms with Crippen LogP contribution in [0.5, 0.6) is 5.75 Å². The van der Waals surface area contributed by atoms with Crippen molar-refractivity contribution in [1.29, 1.82) is 0 Å². The van der Waals surface area contributed by atoms with Gasteiger partial charge in [0.15, 0.2) is 0 Å². The van der Waals surface area contributed by atoms with Gasteiger partial charge in [0.05, 0.1) is 21.4 Å². The average molecular weight is 453 g/mol. The SMILES string of the molecule is COc1ccccc1[P@](O[C@@H](C)C(O)(c1ccccc1)c1ccccc1)c1ccccc1.[B]. The van der Waals surface area contributed by atoms with E-state index in [2.05, 4.69) is 12.1 Å². The summed E-state index contributed by atoms with van der Waals surface area (Å²) in [5.74, 6) is 0.776. The predicted octanol–water partition coefficient (Wildman–Crippen LogP) is 5.00. The minimum Gasteiger partial charge on any atom is -0.496 e. The van der Waals surface area contributed by atoms with E-state index in [-0.39, 0.29) is 8.41 Å².